The number of hydrogen-bond acceptors (Lipinski definition) is 3. The van der Waals surface area contributed by atoms with Crippen molar-refractivity contribution < 1.29 is 23.5 Å². The fourth-order valence-corrected chi connectivity index (χ4v) is 4.18. The second-order valence-corrected chi connectivity index (χ2v) is 8.54. The summed E-state index contributed by atoms with van der Waals surface area (Å²) >= 11 is 6.19. The minimum absolute atomic E-state index is 0.00609. The minimum Gasteiger partial charge on any atom is -0.508 e. The maximum absolute atomic E-state index is 14.5. The summed E-state index contributed by atoms with van der Waals surface area (Å²) in [6, 6.07) is 12.2. The molecule has 176 valence electrons. The maximum atomic E-state index is 14.5. The number of anilines is 1. The molecule has 0 saturated heterocycles. The van der Waals surface area contributed by atoms with Crippen molar-refractivity contribution in [2.24, 2.45) is 0 Å². The number of nitrogens with zero attached hydrogens (tertiary/aromatic N) is 2. The lowest BCUT2D eigenvalue weighted by atomic mass is 9.98. The van der Waals surface area contributed by atoms with E-state index in [4.69, 9.17) is 11.6 Å². The molecular formula is C25H22ClF2N3O3. The third kappa shape index (κ3) is 4.54. The highest BCUT2D eigenvalue weighted by Crippen LogP contribution is 2.38. The van der Waals surface area contributed by atoms with E-state index in [1.54, 1.807) is 31.3 Å². The molecule has 1 aliphatic heterocycles. The molecule has 1 heterocycles. The zero-order valence-corrected chi connectivity index (χ0v) is 19.2. The Morgan fingerprint density at radius 3 is 2.62 bits per heavy atom. The van der Waals surface area contributed by atoms with E-state index < -0.39 is 17.5 Å². The van der Waals surface area contributed by atoms with Gasteiger partial charge in [-0.2, -0.15) is 0 Å². The number of amides is 3. The second kappa shape index (κ2) is 9.30. The number of phenols is 1. The van der Waals surface area contributed by atoms with E-state index in [2.05, 4.69) is 5.32 Å². The van der Waals surface area contributed by atoms with Gasteiger partial charge in [0, 0.05) is 35.8 Å². The smallest absolute Gasteiger partial charge is 0.325 e. The first-order chi connectivity index (χ1) is 16.2. The number of hydrogen-bond donors (Lipinski definition) is 2. The van der Waals surface area contributed by atoms with Crippen molar-refractivity contribution in [2.45, 2.75) is 26.1 Å². The Morgan fingerprint density at radius 1 is 1.15 bits per heavy atom. The fourth-order valence-electron chi connectivity index (χ4n) is 3.95. The van der Waals surface area contributed by atoms with Gasteiger partial charge in [0.2, 0.25) is 0 Å². The van der Waals surface area contributed by atoms with Crippen LogP contribution in [0, 0.1) is 11.6 Å². The van der Waals surface area contributed by atoms with Crippen LogP contribution in [0.4, 0.5) is 19.3 Å². The summed E-state index contributed by atoms with van der Waals surface area (Å²) in [5, 5.41) is 12.4. The Kier molecular flexibility index (Phi) is 6.43. The molecule has 9 heteroatoms. The van der Waals surface area contributed by atoms with Gasteiger partial charge in [0.25, 0.3) is 5.91 Å². The molecule has 0 aliphatic carbocycles. The lowest BCUT2D eigenvalue weighted by Gasteiger charge is -2.39. The molecule has 2 N–H and O–H groups in total. The molecular weight excluding hydrogens is 464 g/mol. The van der Waals surface area contributed by atoms with Gasteiger partial charge in [0.15, 0.2) is 0 Å². The van der Waals surface area contributed by atoms with Crippen LogP contribution >= 0.6 is 11.6 Å². The summed E-state index contributed by atoms with van der Waals surface area (Å²) in [6.45, 7) is 1.75. The topological polar surface area (TPSA) is 72.9 Å². The molecule has 6 nitrogen and oxygen atoms in total. The van der Waals surface area contributed by atoms with Crippen LogP contribution in [0.15, 0.2) is 54.6 Å². The van der Waals surface area contributed by atoms with Crippen LogP contribution in [0.1, 0.15) is 40.0 Å². The summed E-state index contributed by atoms with van der Waals surface area (Å²) in [5.41, 5.74) is 2.11. The van der Waals surface area contributed by atoms with Gasteiger partial charge in [0.05, 0.1) is 18.3 Å². The number of urea groups is 1. The third-order valence-corrected chi connectivity index (χ3v) is 6.27. The van der Waals surface area contributed by atoms with Crippen molar-refractivity contribution in [3.05, 3.63) is 93.5 Å². The molecule has 0 saturated carbocycles. The summed E-state index contributed by atoms with van der Waals surface area (Å²) in [7, 11) is 1.65. The maximum Gasteiger partial charge on any atom is 0.325 e. The van der Waals surface area contributed by atoms with Crippen LogP contribution in [0.2, 0.25) is 5.02 Å². The highest BCUT2D eigenvalue weighted by molar-refractivity contribution is 6.31. The molecule has 0 radical (unpaired) electrons. The molecule has 1 aliphatic rings. The van der Waals surface area contributed by atoms with Crippen molar-refractivity contribution in [3.8, 4) is 5.75 Å². The van der Waals surface area contributed by atoms with Gasteiger partial charge in [-0.1, -0.05) is 23.7 Å². The number of phenolic OH excluding ortho intramolecular Hbond substituents is 1. The molecule has 3 aromatic rings. The van der Waals surface area contributed by atoms with Gasteiger partial charge < -0.3 is 15.3 Å². The summed E-state index contributed by atoms with van der Waals surface area (Å²) in [6.07, 6.45) is 0. The van der Waals surface area contributed by atoms with Crippen LogP contribution in [0.5, 0.6) is 5.75 Å². The Morgan fingerprint density at radius 2 is 1.91 bits per heavy atom. The first kappa shape index (κ1) is 23.5. The Labute approximate surface area is 200 Å². The monoisotopic (exact) mass is 485 g/mol. The molecule has 0 unspecified atom stereocenters. The van der Waals surface area contributed by atoms with Crippen LogP contribution in [0.3, 0.4) is 0 Å². The van der Waals surface area contributed by atoms with Crippen molar-refractivity contribution in [1.82, 2.24) is 10.2 Å². The van der Waals surface area contributed by atoms with Crippen molar-refractivity contribution in [3.63, 3.8) is 0 Å². The average molecular weight is 486 g/mol. The molecule has 0 spiro atoms. The minimum atomic E-state index is -0.614. The average Bonchev–Trinajstić information content (AvgIpc) is 2.79. The molecule has 4 rings (SSSR count). The van der Waals surface area contributed by atoms with Gasteiger partial charge in [-0.15, -0.1) is 0 Å². The van der Waals surface area contributed by atoms with E-state index in [-0.39, 0.29) is 47.1 Å². The summed E-state index contributed by atoms with van der Waals surface area (Å²) in [4.78, 5) is 28.8. The first-order valence-corrected chi connectivity index (χ1v) is 10.9. The SMILES string of the molecule is C[C@H]1c2ccc(C(=O)NCc3cc(O)cc(F)c3)cc2N(Cc2c(F)cccc2Cl)C(=O)N1C. The number of rotatable bonds is 5. The highest BCUT2D eigenvalue weighted by atomic mass is 35.5. The van der Waals surface area contributed by atoms with E-state index in [0.29, 0.717) is 11.3 Å². The normalized spacial score (nSPS) is 15.3. The zero-order valence-electron chi connectivity index (χ0n) is 18.5. The van der Waals surface area contributed by atoms with Gasteiger partial charge in [-0.05, 0) is 54.4 Å². The van der Waals surface area contributed by atoms with Gasteiger partial charge >= 0.3 is 6.03 Å². The number of nitrogens with one attached hydrogen (secondary N) is 1. The first-order valence-electron chi connectivity index (χ1n) is 10.5. The molecule has 0 fully saturated rings. The van der Waals surface area contributed by atoms with Crippen molar-refractivity contribution >= 4 is 29.2 Å². The van der Waals surface area contributed by atoms with E-state index >= 15 is 0 Å². The van der Waals surface area contributed by atoms with Gasteiger partial charge in [-0.25, -0.2) is 13.6 Å². The molecule has 3 aromatic carbocycles. The number of fused-ring (bicyclic) bond motifs is 1. The summed E-state index contributed by atoms with van der Waals surface area (Å²) in [5.74, 6) is -1.83. The lowest BCUT2D eigenvalue weighted by Crippen LogP contribution is -2.46. The Balaban J connectivity index is 1.64. The zero-order chi connectivity index (χ0) is 24.6. The summed E-state index contributed by atoms with van der Waals surface area (Å²) < 4.78 is 28.0. The number of carbonyl (C=O) groups excluding carboxylic acids is 2. The Hall–Kier alpha value is -3.65. The highest BCUT2D eigenvalue weighted by Gasteiger charge is 2.34. The fraction of sp³-hybridized carbons (Fsp3) is 0.200. The molecule has 1 atom stereocenters. The molecule has 3 amide bonds. The van der Waals surface area contributed by atoms with E-state index in [0.717, 1.165) is 11.6 Å². The molecule has 0 aromatic heterocycles. The largest absolute Gasteiger partial charge is 0.508 e. The number of aromatic hydroxyl groups is 1. The predicted molar refractivity (Wildman–Crippen MR) is 125 cm³/mol. The van der Waals surface area contributed by atoms with E-state index in [1.807, 2.05) is 6.92 Å². The van der Waals surface area contributed by atoms with Crippen LogP contribution in [0.25, 0.3) is 0 Å². The Bertz CT molecular complexity index is 1240. The van der Waals surface area contributed by atoms with Crippen LogP contribution in [-0.4, -0.2) is 29.0 Å². The van der Waals surface area contributed by atoms with Gasteiger partial charge in [-0.3, -0.25) is 9.69 Å². The predicted octanol–water partition coefficient (Wildman–Crippen LogP) is 5.39. The van der Waals surface area contributed by atoms with Crippen molar-refractivity contribution in [2.75, 3.05) is 11.9 Å². The number of halogens is 3. The standard InChI is InChI=1S/C25H22ClF2N3O3/c1-14-19-7-6-16(24(33)29-12-15-8-17(27)11-18(32)9-15)10-23(19)31(25(34)30(14)2)13-20-21(26)4-3-5-22(20)28/h3-11,14,32H,12-13H2,1-2H3,(H,29,33)/t14-/m0/s1. The molecule has 34 heavy (non-hydrogen) atoms. The van der Waals surface area contributed by atoms with Crippen molar-refractivity contribution in [1.29, 1.82) is 0 Å². The number of carbonyl (C=O) groups is 2. The molecule has 0 bridgehead atoms. The van der Waals surface area contributed by atoms with Crippen LogP contribution in [-0.2, 0) is 13.1 Å². The van der Waals surface area contributed by atoms with E-state index in [9.17, 15) is 23.5 Å². The number of benzene rings is 3. The van der Waals surface area contributed by atoms with Crippen LogP contribution < -0.4 is 10.2 Å². The quantitative estimate of drug-likeness (QED) is 0.509. The second-order valence-electron chi connectivity index (χ2n) is 8.13. The van der Waals surface area contributed by atoms with Gasteiger partial charge in [0.1, 0.15) is 17.4 Å². The van der Waals surface area contributed by atoms with E-state index in [1.165, 1.54) is 34.1 Å². The third-order valence-electron chi connectivity index (χ3n) is 5.92. The lowest BCUT2D eigenvalue weighted by molar-refractivity contribution is 0.0950.